The average molecular weight is 371 g/mol. The molecule has 0 aromatic rings. The van der Waals surface area contributed by atoms with Crippen molar-refractivity contribution in [2.75, 3.05) is 0 Å². The molecule has 0 amide bonds. The van der Waals surface area contributed by atoms with E-state index in [4.69, 9.17) is 0 Å². The third-order valence-electron chi connectivity index (χ3n) is 0. The van der Waals surface area contributed by atoms with E-state index in [-0.39, 0.29) is 159 Å². The van der Waals surface area contributed by atoms with Crippen LogP contribution in [0.25, 0.3) is 0 Å². The van der Waals surface area contributed by atoms with Crippen LogP contribution in [0, 0.1) is 0 Å². The first kappa shape index (κ1) is 135. The molecule has 10 heteroatoms. The van der Waals surface area contributed by atoms with Gasteiger partial charge in [0.15, 0.2) is 0 Å². The summed E-state index contributed by atoms with van der Waals surface area (Å²) in [5.41, 5.74) is 0. The first-order valence-electron chi connectivity index (χ1n) is 0. The van der Waals surface area contributed by atoms with Gasteiger partial charge in [-0.1, -0.05) is 0 Å². The van der Waals surface area contributed by atoms with Gasteiger partial charge in [0.05, 0.1) is 0 Å². The van der Waals surface area contributed by atoms with Crippen molar-refractivity contribution in [1.29, 1.82) is 0 Å². The third-order valence-corrected chi connectivity index (χ3v) is 0. The monoisotopic (exact) mass is 368 g/mol. The van der Waals surface area contributed by atoms with Gasteiger partial charge in [0.1, 0.15) is 0 Å². The summed E-state index contributed by atoms with van der Waals surface area (Å²) in [7, 11) is 0. The Bertz CT molecular complexity index is 13.6. The molecule has 0 heterocycles. The van der Waals surface area contributed by atoms with Crippen molar-refractivity contribution >= 4 is 55.1 Å². The number of halogens is 7. The molecule has 0 radical (unpaired) electrons. The molecule has 0 atom stereocenters. The molecular formula is AlCaCl7Fe. The normalized spacial score (nSPS) is 0. The smallest absolute Gasteiger partial charge is 1.00 e. The van der Waals surface area contributed by atoms with Crippen LogP contribution in [0.4, 0.5) is 0 Å². The second-order valence-electron chi connectivity index (χ2n) is 0. The molecular weight excluding hydrogens is 371 g/mol. The summed E-state index contributed by atoms with van der Waals surface area (Å²) < 4.78 is 0. The van der Waals surface area contributed by atoms with Crippen LogP contribution in [0.5, 0.6) is 0 Å². The quantitative estimate of drug-likeness (QED) is 0.371. The first-order chi connectivity index (χ1) is 0. The van der Waals surface area contributed by atoms with E-state index < -0.39 is 0 Å². The fourth-order valence-electron chi connectivity index (χ4n) is 0. The molecule has 0 unspecified atom stereocenters. The minimum atomic E-state index is 0. The molecule has 0 aliphatic rings. The Labute approximate surface area is 156 Å². The van der Waals surface area contributed by atoms with Crippen molar-refractivity contribution in [3.63, 3.8) is 0 Å². The Hall–Kier alpha value is 4.34. The molecule has 0 aliphatic heterocycles. The topological polar surface area (TPSA) is 0 Å². The summed E-state index contributed by atoms with van der Waals surface area (Å²) in [4.78, 5) is 0. The predicted octanol–water partition coefficient (Wildman–Crippen LogP) is -21.7. The van der Waals surface area contributed by atoms with Crippen LogP contribution >= 0.6 is 0 Å². The Morgan fingerprint density at radius 2 is 0.400 bits per heavy atom. The second-order valence-corrected chi connectivity index (χ2v) is 0. The van der Waals surface area contributed by atoms with Gasteiger partial charge in [0, 0.05) is 0 Å². The van der Waals surface area contributed by atoms with Crippen molar-refractivity contribution < 1.29 is 104 Å². The maximum atomic E-state index is 0. The summed E-state index contributed by atoms with van der Waals surface area (Å²) in [6.45, 7) is 0. The zero-order valence-electron chi connectivity index (χ0n) is 4.28. The molecule has 0 fully saturated rings. The zero-order chi connectivity index (χ0) is 0. The van der Waals surface area contributed by atoms with Crippen LogP contribution in [0.2, 0.25) is 0 Å². The number of hydrogen-bond donors (Lipinski definition) is 0. The summed E-state index contributed by atoms with van der Waals surface area (Å²) in [5, 5.41) is 0. The van der Waals surface area contributed by atoms with E-state index >= 15 is 0 Å². The van der Waals surface area contributed by atoms with Gasteiger partial charge in [-0.2, -0.15) is 0 Å². The van der Waals surface area contributed by atoms with E-state index in [1.807, 2.05) is 0 Å². The molecule has 0 nitrogen and oxygen atoms in total. The minimum Gasteiger partial charge on any atom is -1.00 e. The Balaban J connectivity index is 0. The van der Waals surface area contributed by atoms with Gasteiger partial charge in [-0.15, -0.1) is 0 Å². The maximum Gasteiger partial charge on any atom is 3.00 e. The molecule has 0 rings (SSSR count). The van der Waals surface area contributed by atoms with Gasteiger partial charge in [-0.05, 0) is 0 Å². The predicted molar refractivity (Wildman–Crippen MR) is 11.5 cm³/mol. The van der Waals surface area contributed by atoms with E-state index in [0.717, 1.165) is 0 Å². The molecule has 0 aromatic carbocycles. The van der Waals surface area contributed by atoms with Gasteiger partial charge < -0.3 is 86.8 Å². The van der Waals surface area contributed by atoms with Crippen LogP contribution in [0.3, 0.4) is 0 Å². The average Bonchev–Trinajstić information content (AvgIpc) is 0. The van der Waals surface area contributed by atoms with E-state index in [9.17, 15) is 0 Å². The van der Waals surface area contributed by atoms with Crippen molar-refractivity contribution in [2.45, 2.75) is 0 Å². The van der Waals surface area contributed by atoms with Crippen LogP contribution in [-0.2, 0) is 17.1 Å². The number of hydrogen-bond acceptors (Lipinski definition) is 0. The van der Waals surface area contributed by atoms with Crippen molar-refractivity contribution in [1.82, 2.24) is 0 Å². The largest absolute Gasteiger partial charge is 3.00 e. The zero-order valence-corrected chi connectivity index (χ0v) is 14.0. The Morgan fingerprint density at radius 3 is 0.400 bits per heavy atom. The minimum absolute atomic E-state index is 0. The molecule has 0 bridgehead atoms. The van der Waals surface area contributed by atoms with E-state index in [1.165, 1.54) is 0 Å². The van der Waals surface area contributed by atoms with Gasteiger partial charge >= 0.3 is 72.2 Å². The molecule has 62 valence electrons. The van der Waals surface area contributed by atoms with Crippen molar-refractivity contribution in [3.05, 3.63) is 0 Å². The van der Waals surface area contributed by atoms with Crippen molar-refractivity contribution in [2.24, 2.45) is 0 Å². The molecule has 0 saturated carbocycles. The van der Waals surface area contributed by atoms with Gasteiger partial charge in [0.2, 0.25) is 0 Å². The van der Waals surface area contributed by atoms with Crippen LogP contribution in [0.15, 0.2) is 0 Å². The number of rotatable bonds is 0. The fraction of sp³-hybridized carbons (Fsp3) is 0. The Morgan fingerprint density at radius 1 is 0.400 bits per heavy atom. The summed E-state index contributed by atoms with van der Waals surface area (Å²) in [6, 6.07) is 0. The third kappa shape index (κ3) is 84.2. The Kier molecular flexibility index (Phi) is 1460. The summed E-state index contributed by atoms with van der Waals surface area (Å²) in [5.74, 6) is 0. The fourth-order valence-corrected chi connectivity index (χ4v) is 0. The molecule has 0 N–H and O–H groups in total. The van der Waals surface area contributed by atoms with Crippen LogP contribution in [0.1, 0.15) is 0 Å². The second kappa shape index (κ2) is 108. The van der Waals surface area contributed by atoms with Crippen LogP contribution in [-0.4, -0.2) is 55.1 Å². The molecule has 0 aromatic heterocycles. The van der Waals surface area contributed by atoms with E-state index in [1.54, 1.807) is 0 Å². The van der Waals surface area contributed by atoms with E-state index in [2.05, 4.69) is 0 Å². The summed E-state index contributed by atoms with van der Waals surface area (Å²) >= 11 is 0. The van der Waals surface area contributed by atoms with E-state index in [0.29, 0.717) is 0 Å². The summed E-state index contributed by atoms with van der Waals surface area (Å²) in [6.07, 6.45) is 0. The molecule has 0 saturated heterocycles. The maximum absolute atomic E-state index is 0. The standard InChI is InChI=1S/Al.Ca.7ClH.Fe/h;;7*1H;/q+3;+2;;;;;;;;+2/p-7. The van der Waals surface area contributed by atoms with Gasteiger partial charge in [-0.25, -0.2) is 0 Å². The van der Waals surface area contributed by atoms with Crippen molar-refractivity contribution in [3.8, 4) is 0 Å². The SMILES string of the molecule is [Al+3].[Ca+2].[Cl-].[Cl-].[Cl-].[Cl-].[Cl-].[Cl-].[Cl-].[Fe+2]. The van der Waals surface area contributed by atoms with Gasteiger partial charge in [0.25, 0.3) is 0 Å². The molecule has 0 aliphatic carbocycles. The first-order valence-corrected chi connectivity index (χ1v) is 0. The van der Waals surface area contributed by atoms with Crippen LogP contribution < -0.4 is 86.8 Å². The molecule has 10 heavy (non-hydrogen) atoms. The molecule has 0 spiro atoms. The van der Waals surface area contributed by atoms with Gasteiger partial charge in [-0.3, -0.25) is 0 Å².